The Hall–Kier alpha value is -3.48. The number of carbonyl (C=O) groups excluding carboxylic acids is 4. The molecule has 0 bridgehead atoms. The van der Waals surface area contributed by atoms with Crippen LogP contribution in [0.3, 0.4) is 0 Å². The van der Waals surface area contributed by atoms with Crippen LogP contribution in [0.2, 0.25) is 0 Å². The lowest BCUT2D eigenvalue weighted by Crippen LogP contribution is -2.43. The number of para-hydroxylation sites is 1. The van der Waals surface area contributed by atoms with Crippen LogP contribution in [0.15, 0.2) is 42.5 Å². The zero-order chi connectivity index (χ0) is 20.7. The Morgan fingerprint density at radius 2 is 1.86 bits per heavy atom. The first kappa shape index (κ1) is 18.9. The molecule has 4 rings (SSSR count). The van der Waals surface area contributed by atoms with Gasteiger partial charge in [0.25, 0.3) is 17.6 Å². The smallest absolute Gasteiger partial charge is 0.300 e. The Morgan fingerprint density at radius 3 is 2.62 bits per heavy atom. The maximum Gasteiger partial charge on any atom is 0.300 e. The molecule has 2 amide bonds. The topological polar surface area (TPSA) is 84.0 Å². The molecule has 0 aromatic heterocycles. The van der Waals surface area contributed by atoms with Crippen LogP contribution < -0.4 is 14.5 Å². The first-order chi connectivity index (χ1) is 13.9. The Morgan fingerprint density at radius 1 is 1.10 bits per heavy atom. The van der Waals surface area contributed by atoms with Crippen LogP contribution in [-0.4, -0.2) is 42.6 Å². The Balaban J connectivity index is 1.68. The Labute approximate surface area is 167 Å². The second-order valence-corrected chi connectivity index (χ2v) is 7.08. The van der Waals surface area contributed by atoms with E-state index in [-0.39, 0.29) is 18.3 Å². The molecule has 2 aliphatic heterocycles. The number of ketones is 2. The molecule has 2 aromatic rings. The monoisotopic (exact) mass is 392 g/mol. The van der Waals surface area contributed by atoms with Crippen LogP contribution in [0.25, 0.3) is 0 Å². The van der Waals surface area contributed by atoms with Crippen LogP contribution in [0, 0.1) is 0 Å². The number of rotatable bonds is 5. The second kappa shape index (κ2) is 7.16. The Bertz CT molecular complexity index is 1050. The minimum atomic E-state index is -0.868. The van der Waals surface area contributed by atoms with E-state index in [2.05, 4.69) is 0 Å². The molecule has 2 aromatic carbocycles. The SMILES string of the molecule is CCCN1C(=O)COc2ccc(C(=O)C(C)N3C(=O)C(=O)c4ccccc43)cc21. The van der Waals surface area contributed by atoms with Crippen molar-refractivity contribution in [2.75, 3.05) is 23.0 Å². The fraction of sp³-hybridized carbons (Fsp3) is 0.273. The summed E-state index contributed by atoms with van der Waals surface area (Å²) in [5, 5.41) is 0. The van der Waals surface area contributed by atoms with E-state index in [1.165, 1.54) is 4.90 Å². The normalized spacial score (nSPS) is 16.4. The molecule has 0 spiro atoms. The average molecular weight is 392 g/mol. The van der Waals surface area contributed by atoms with Gasteiger partial charge >= 0.3 is 0 Å². The van der Waals surface area contributed by atoms with Crippen molar-refractivity contribution in [2.45, 2.75) is 26.3 Å². The van der Waals surface area contributed by atoms with Crippen LogP contribution in [0.4, 0.5) is 11.4 Å². The number of amides is 2. The maximum atomic E-state index is 13.2. The minimum absolute atomic E-state index is 0.0299. The molecule has 0 saturated heterocycles. The predicted octanol–water partition coefficient (Wildman–Crippen LogP) is 2.62. The molecule has 2 heterocycles. The van der Waals surface area contributed by atoms with Crippen molar-refractivity contribution in [1.29, 1.82) is 0 Å². The molecule has 1 atom stereocenters. The highest BCUT2D eigenvalue weighted by Crippen LogP contribution is 2.35. The lowest BCUT2D eigenvalue weighted by molar-refractivity contribution is -0.121. The summed E-state index contributed by atoms with van der Waals surface area (Å²) in [5.41, 5.74) is 1.63. The van der Waals surface area contributed by atoms with Crippen molar-refractivity contribution < 1.29 is 23.9 Å². The van der Waals surface area contributed by atoms with Gasteiger partial charge in [-0.05, 0) is 43.7 Å². The summed E-state index contributed by atoms with van der Waals surface area (Å²) in [7, 11) is 0. The number of benzene rings is 2. The van der Waals surface area contributed by atoms with Crippen molar-refractivity contribution in [2.24, 2.45) is 0 Å². The van der Waals surface area contributed by atoms with Crippen molar-refractivity contribution in [3.05, 3.63) is 53.6 Å². The third kappa shape index (κ3) is 2.99. The molecule has 7 nitrogen and oxygen atoms in total. The number of ether oxygens (including phenoxy) is 1. The quantitative estimate of drug-likeness (QED) is 0.577. The summed E-state index contributed by atoms with van der Waals surface area (Å²) in [5.74, 6) is -1.26. The summed E-state index contributed by atoms with van der Waals surface area (Å²) in [6.45, 7) is 4.06. The molecular weight excluding hydrogens is 372 g/mol. The summed E-state index contributed by atoms with van der Waals surface area (Å²) in [6.07, 6.45) is 0.765. The Kier molecular flexibility index (Phi) is 4.66. The molecule has 0 fully saturated rings. The van der Waals surface area contributed by atoms with Gasteiger partial charge in [-0.3, -0.25) is 24.1 Å². The number of anilines is 2. The van der Waals surface area contributed by atoms with Crippen molar-refractivity contribution >= 4 is 34.8 Å². The fourth-order valence-electron chi connectivity index (χ4n) is 3.78. The third-order valence-corrected chi connectivity index (χ3v) is 5.22. The van der Waals surface area contributed by atoms with Crippen LogP contribution >= 0.6 is 0 Å². The molecular formula is C22H20N2O5. The van der Waals surface area contributed by atoms with Gasteiger partial charge in [-0.15, -0.1) is 0 Å². The molecule has 148 valence electrons. The van der Waals surface area contributed by atoms with E-state index in [0.29, 0.717) is 34.8 Å². The zero-order valence-corrected chi connectivity index (χ0v) is 16.2. The molecule has 29 heavy (non-hydrogen) atoms. The standard InChI is InChI=1S/C22H20N2O5/c1-3-10-23-17-11-14(8-9-18(17)29-12-19(23)25)20(26)13(2)24-16-7-5-4-6-15(16)21(27)22(24)28/h4-9,11,13H,3,10,12H2,1-2H3. The second-order valence-electron chi connectivity index (χ2n) is 7.08. The largest absolute Gasteiger partial charge is 0.482 e. The van der Waals surface area contributed by atoms with E-state index in [1.54, 1.807) is 54.3 Å². The van der Waals surface area contributed by atoms with Gasteiger partial charge < -0.3 is 9.64 Å². The summed E-state index contributed by atoms with van der Waals surface area (Å²) in [4.78, 5) is 53.0. The lowest BCUT2D eigenvalue weighted by atomic mass is 10.0. The summed E-state index contributed by atoms with van der Waals surface area (Å²) < 4.78 is 5.47. The summed E-state index contributed by atoms with van der Waals surface area (Å²) in [6, 6.07) is 10.7. The number of fused-ring (bicyclic) bond motifs is 2. The summed E-state index contributed by atoms with van der Waals surface area (Å²) >= 11 is 0. The first-order valence-electron chi connectivity index (χ1n) is 9.52. The van der Waals surface area contributed by atoms with Crippen LogP contribution in [0.1, 0.15) is 41.0 Å². The number of Topliss-reactive ketones (excluding diaryl/α,β-unsaturated/α-hetero) is 2. The van der Waals surface area contributed by atoms with Crippen molar-refractivity contribution in [3.8, 4) is 5.75 Å². The van der Waals surface area contributed by atoms with E-state index in [9.17, 15) is 19.2 Å². The zero-order valence-electron chi connectivity index (χ0n) is 16.2. The highest BCUT2D eigenvalue weighted by atomic mass is 16.5. The number of hydrogen-bond acceptors (Lipinski definition) is 5. The molecule has 2 aliphatic rings. The highest BCUT2D eigenvalue weighted by molar-refractivity contribution is 6.53. The van der Waals surface area contributed by atoms with E-state index < -0.39 is 17.7 Å². The van der Waals surface area contributed by atoms with Gasteiger partial charge in [-0.1, -0.05) is 19.1 Å². The van der Waals surface area contributed by atoms with Crippen molar-refractivity contribution in [1.82, 2.24) is 0 Å². The highest BCUT2D eigenvalue weighted by Gasteiger charge is 2.40. The fourth-order valence-corrected chi connectivity index (χ4v) is 3.78. The minimum Gasteiger partial charge on any atom is -0.482 e. The lowest BCUT2D eigenvalue weighted by Gasteiger charge is -2.30. The molecule has 7 heteroatoms. The first-order valence-corrected chi connectivity index (χ1v) is 9.52. The van der Waals surface area contributed by atoms with E-state index in [0.717, 1.165) is 6.42 Å². The molecule has 1 unspecified atom stereocenters. The van der Waals surface area contributed by atoms with Gasteiger partial charge in [0.1, 0.15) is 5.75 Å². The van der Waals surface area contributed by atoms with E-state index in [1.807, 2.05) is 6.92 Å². The average Bonchev–Trinajstić information content (AvgIpc) is 2.99. The van der Waals surface area contributed by atoms with Gasteiger partial charge in [0, 0.05) is 12.1 Å². The molecule has 0 aliphatic carbocycles. The van der Waals surface area contributed by atoms with Gasteiger partial charge in [0.05, 0.1) is 23.0 Å². The van der Waals surface area contributed by atoms with Gasteiger partial charge in [0.15, 0.2) is 12.4 Å². The molecule has 0 N–H and O–H groups in total. The number of carbonyl (C=O) groups is 4. The number of nitrogens with zero attached hydrogens (tertiary/aromatic N) is 2. The van der Waals surface area contributed by atoms with Crippen LogP contribution in [-0.2, 0) is 9.59 Å². The van der Waals surface area contributed by atoms with Crippen LogP contribution in [0.5, 0.6) is 5.75 Å². The maximum absolute atomic E-state index is 13.2. The van der Waals surface area contributed by atoms with Gasteiger partial charge in [-0.25, -0.2) is 0 Å². The van der Waals surface area contributed by atoms with Gasteiger partial charge in [0.2, 0.25) is 0 Å². The molecule has 0 saturated carbocycles. The van der Waals surface area contributed by atoms with Gasteiger partial charge in [-0.2, -0.15) is 0 Å². The third-order valence-electron chi connectivity index (χ3n) is 5.22. The van der Waals surface area contributed by atoms with E-state index in [4.69, 9.17) is 4.74 Å². The number of hydrogen-bond donors (Lipinski definition) is 0. The predicted molar refractivity (Wildman–Crippen MR) is 107 cm³/mol. The van der Waals surface area contributed by atoms with Crippen molar-refractivity contribution in [3.63, 3.8) is 0 Å². The van der Waals surface area contributed by atoms with E-state index >= 15 is 0 Å². The molecule has 0 radical (unpaired) electrons.